The summed E-state index contributed by atoms with van der Waals surface area (Å²) < 4.78 is 5.58. The predicted octanol–water partition coefficient (Wildman–Crippen LogP) is 3.10. The topological polar surface area (TPSA) is 35.2 Å². The summed E-state index contributed by atoms with van der Waals surface area (Å²) in [5.41, 5.74) is 6.07. The number of rotatable bonds is 9. The summed E-state index contributed by atoms with van der Waals surface area (Å²) in [6.45, 7) is 7.19. The van der Waals surface area contributed by atoms with Crippen LogP contribution in [0, 0.1) is 0 Å². The number of hydrogen-bond acceptors (Lipinski definition) is 2. The van der Waals surface area contributed by atoms with E-state index in [0.29, 0.717) is 0 Å². The molecule has 2 atom stereocenters. The van der Waals surface area contributed by atoms with Crippen LogP contribution in [0.5, 0.6) is 0 Å². The molecule has 0 heterocycles. The molecule has 0 amide bonds. The fourth-order valence-electron chi connectivity index (χ4n) is 1.75. The van der Waals surface area contributed by atoms with Crippen LogP contribution >= 0.6 is 0 Å². The van der Waals surface area contributed by atoms with Crippen LogP contribution in [0.15, 0.2) is 0 Å². The Hall–Kier alpha value is -0.0800. The van der Waals surface area contributed by atoms with Crippen molar-refractivity contribution in [1.82, 2.24) is 0 Å². The van der Waals surface area contributed by atoms with Crippen molar-refractivity contribution in [2.45, 2.75) is 71.4 Å². The second-order valence-corrected chi connectivity index (χ2v) is 3.92. The van der Waals surface area contributed by atoms with Gasteiger partial charge in [-0.05, 0) is 19.8 Å². The minimum atomic E-state index is 0.233. The van der Waals surface area contributed by atoms with Crippen LogP contribution in [-0.4, -0.2) is 18.8 Å². The Bertz CT molecular complexity index is 117. The first-order valence-electron chi connectivity index (χ1n) is 6.13. The largest absolute Gasteiger partial charge is 0.377 e. The van der Waals surface area contributed by atoms with Crippen LogP contribution in [0.2, 0.25) is 0 Å². The van der Waals surface area contributed by atoms with Gasteiger partial charge in [0.25, 0.3) is 0 Å². The third kappa shape index (κ3) is 6.39. The molecule has 0 bridgehead atoms. The highest BCUT2D eigenvalue weighted by Gasteiger charge is 2.14. The summed E-state index contributed by atoms with van der Waals surface area (Å²) in [7, 11) is 0. The molecule has 0 aromatic carbocycles. The molecular formula is C12H27NO. The molecule has 0 aliphatic heterocycles. The molecule has 2 heteroatoms. The molecule has 2 N–H and O–H groups in total. The van der Waals surface area contributed by atoms with Gasteiger partial charge in [0.1, 0.15) is 0 Å². The zero-order valence-corrected chi connectivity index (χ0v) is 10.1. The Labute approximate surface area is 89.2 Å². The maximum absolute atomic E-state index is 6.07. The SMILES string of the molecule is CCCCCCC(N)C(CC)OCC. The first-order chi connectivity index (χ1) is 6.76. The molecule has 0 aliphatic rings. The molecule has 14 heavy (non-hydrogen) atoms. The first-order valence-corrected chi connectivity index (χ1v) is 6.13. The zero-order chi connectivity index (χ0) is 10.8. The average molecular weight is 201 g/mol. The smallest absolute Gasteiger partial charge is 0.0723 e. The molecule has 0 aromatic rings. The normalized spacial score (nSPS) is 15.4. The molecule has 0 aromatic heterocycles. The summed E-state index contributed by atoms with van der Waals surface area (Å²) in [6.07, 6.45) is 7.59. The molecule has 86 valence electrons. The standard InChI is InChI=1S/C12H27NO/c1-4-7-8-9-10-11(13)12(5-2)14-6-3/h11-12H,4-10,13H2,1-3H3. The monoisotopic (exact) mass is 201 g/mol. The van der Waals surface area contributed by atoms with Crippen molar-refractivity contribution in [2.75, 3.05) is 6.61 Å². The molecule has 0 rings (SSSR count). The van der Waals surface area contributed by atoms with Crippen LogP contribution in [-0.2, 0) is 4.74 Å². The second-order valence-electron chi connectivity index (χ2n) is 3.92. The lowest BCUT2D eigenvalue weighted by molar-refractivity contribution is 0.0391. The summed E-state index contributed by atoms with van der Waals surface area (Å²) >= 11 is 0. The van der Waals surface area contributed by atoms with Crippen LogP contribution in [0.25, 0.3) is 0 Å². The maximum atomic E-state index is 6.07. The van der Waals surface area contributed by atoms with E-state index in [-0.39, 0.29) is 12.1 Å². The van der Waals surface area contributed by atoms with E-state index in [0.717, 1.165) is 19.4 Å². The van der Waals surface area contributed by atoms with Crippen LogP contribution in [0.4, 0.5) is 0 Å². The van der Waals surface area contributed by atoms with Gasteiger partial charge >= 0.3 is 0 Å². The highest BCUT2D eigenvalue weighted by atomic mass is 16.5. The Balaban J connectivity index is 3.52. The van der Waals surface area contributed by atoms with Gasteiger partial charge in [0.15, 0.2) is 0 Å². The molecule has 0 aliphatic carbocycles. The van der Waals surface area contributed by atoms with Crippen molar-refractivity contribution in [3.63, 3.8) is 0 Å². The number of hydrogen-bond donors (Lipinski definition) is 1. The van der Waals surface area contributed by atoms with Crippen LogP contribution in [0.3, 0.4) is 0 Å². The summed E-state index contributed by atoms with van der Waals surface area (Å²) in [5.74, 6) is 0. The Morgan fingerprint density at radius 3 is 2.29 bits per heavy atom. The second kappa shape index (κ2) is 9.47. The van der Waals surface area contributed by atoms with E-state index in [1.54, 1.807) is 0 Å². The fraction of sp³-hybridized carbons (Fsp3) is 1.00. The molecule has 2 nitrogen and oxygen atoms in total. The van der Waals surface area contributed by atoms with Gasteiger partial charge in [0.2, 0.25) is 0 Å². The summed E-state index contributed by atoms with van der Waals surface area (Å²) in [6, 6.07) is 0.233. The van der Waals surface area contributed by atoms with Crippen LogP contribution < -0.4 is 5.73 Å². The van der Waals surface area contributed by atoms with Gasteiger partial charge in [-0.15, -0.1) is 0 Å². The van der Waals surface area contributed by atoms with Crippen molar-refractivity contribution in [3.8, 4) is 0 Å². The minimum Gasteiger partial charge on any atom is -0.377 e. The van der Waals surface area contributed by atoms with Gasteiger partial charge in [0, 0.05) is 12.6 Å². The van der Waals surface area contributed by atoms with Gasteiger partial charge in [-0.2, -0.15) is 0 Å². The maximum Gasteiger partial charge on any atom is 0.0723 e. The molecular weight excluding hydrogens is 174 g/mol. The average Bonchev–Trinajstić information content (AvgIpc) is 2.20. The van der Waals surface area contributed by atoms with Gasteiger partial charge in [0.05, 0.1) is 6.10 Å². The van der Waals surface area contributed by atoms with Crippen molar-refractivity contribution in [2.24, 2.45) is 5.73 Å². The Morgan fingerprint density at radius 1 is 1.07 bits per heavy atom. The molecule has 0 saturated heterocycles. The van der Waals surface area contributed by atoms with Gasteiger partial charge in [-0.25, -0.2) is 0 Å². The Morgan fingerprint density at radius 2 is 1.79 bits per heavy atom. The molecule has 0 saturated carbocycles. The van der Waals surface area contributed by atoms with E-state index in [9.17, 15) is 0 Å². The lowest BCUT2D eigenvalue weighted by Crippen LogP contribution is -2.36. The molecule has 0 spiro atoms. The lowest BCUT2D eigenvalue weighted by Gasteiger charge is -2.22. The van der Waals surface area contributed by atoms with Gasteiger partial charge < -0.3 is 10.5 Å². The number of nitrogens with two attached hydrogens (primary N) is 1. The van der Waals surface area contributed by atoms with E-state index in [1.165, 1.54) is 25.7 Å². The third-order valence-electron chi connectivity index (χ3n) is 2.65. The highest BCUT2D eigenvalue weighted by Crippen LogP contribution is 2.11. The van der Waals surface area contributed by atoms with E-state index in [2.05, 4.69) is 13.8 Å². The number of ether oxygens (including phenoxy) is 1. The zero-order valence-electron chi connectivity index (χ0n) is 10.1. The predicted molar refractivity (Wildman–Crippen MR) is 62.4 cm³/mol. The summed E-state index contributed by atoms with van der Waals surface area (Å²) in [4.78, 5) is 0. The van der Waals surface area contributed by atoms with Crippen molar-refractivity contribution < 1.29 is 4.74 Å². The van der Waals surface area contributed by atoms with E-state index < -0.39 is 0 Å². The minimum absolute atomic E-state index is 0.233. The first kappa shape index (κ1) is 13.9. The van der Waals surface area contributed by atoms with Crippen molar-refractivity contribution >= 4 is 0 Å². The third-order valence-corrected chi connectivity index (χ3v) is 2.65. The molecule has 0 fully saturated rings. The van der Waals surface area contributed by atoms with Crippen molar-refractivity contribution in [3.05, 3.63) is 0 Å². The highest BCUT2D eigenvalue weighted by molar-refractivity contribution is 4.72. The molecule has 0 radical (unpaired) electrons. The molecule has 2 unspecified atom stereocenters. The van der Waals surface area contributed by atoms with Crippen molar-refractivity contribution in [1.29, 1.82) is 0 Å². The van der Waals surface area contributed by atoms with E-state index >= 15 is 0 Å². The fourth-order valence-corrected chi connectivity index (χ4v) is 1.75. The lowest BCUT2D eigenvalue weighted by atomic mass is 10.0. The van der Waals surface area contributed by atoms with Gasteiger partial charge in [-0.3, -0.25) is 0 Å². The number of unbranched alkanes of at least 4 members (excludes halogenated alkanes) is 3. The van der Waals surface area contributed by atoms with Crippen LogP contribution in [0.1, 0.15) is 59.3 Å². The van der Waals surface area contributed by atoms with E-state index in [1.807, 2.05) is 6.92 Å². The van der Waals surface area contributed by atoms with Gasteiger partial charge in [-0.1, -0.05) is 39.5 Å². The quantitative estimate of drug-likeness (QED) is 0.582. The summed E-state index contributed by atoms with van der Waals surface area (Å²) in [5, 5.41) is 0. The van der Waals surface area contributed by atoms with E-state index in [4.69, 9.17) is 10.5 Å². The Kier molecular flexibility index (Phi) is 9.42.